The molecular weight excluding hydrogens is 308 g/mol. The molecule has 0 radical (unpaired) electrons. The summed E-state index contributed by atoms with van der Waals surface area (Å²) >= 11 is 0. The summed E-state index contributed by atoms with van der Waals surface area (Å²) in [6.45, 7) is 1.96. The van der Waals surface area contributed by atoms with E-state index in [1.165, 1.54) is 11.7 Å². The highest BCUT2D eigenvalue weighted by molar-refractivity contribution is 5.45. The van der Waals surface area contributed by atoms with Crippen molar-refractivity contribution in [2.24, 2.45) is 14.1 Å². The summed E-state index contributed by atoms with van der Waals surface area (Å²) in [6, 6.07) is 5.47. The lowest BCUT2D eigenvalue weighted by atomic mass is 10.2. The lowest BCUT2D eigenvalue weighted by Crippen LogP contribution is -2.24. The molecule has 0 amide bonds. The largest absolute Gasteiger partial charge is 0.488 e. The highest BCUT2D eigenvalue weighted by Gasteiger charge is 2.21. The zero-order chi connectivity index (χ0) is 18.1. The van der Waals surface area contributed by atoms with Crippen LogP contribution in [0.2, 0.25) is 0 Å². The van der Waals surface area contributed by atoms with Gasteiger partial charge in [0.25, 0.3) is 0 Å². The molecule has 8 nitrogen and oxygen atoms in total. The Labute approximate surface area is 139 Å². The van der Waals surface area contributed by atoms with Crippen molar-refractivity contribution in [1.29, 1.82) is 0 Å². The van der Waals surface area contributed by atoms with Crippen molar-refractivity contribution in [2.45, 2.75) is 13.5 Å². The lowest BCUT2D eigenvalue weighted by molar-refractivity contribution is 0.303. The first-order chi connectivity index (χ1) is 11.9. The average molecular weight is 326 g/mol. The fraction of sp³-hybridized carbons (Fsp3) is 0.250. The van der Waals surface area contributed by atoms with Crippen LogP contribution >= 0.6 is 0 Å². The summed E-state index contributed by atoms with van der Waals surface area (Å²) < 4.78 is 17.2. The Hall–Kier alpha value is -3.34. The van der Waals surface area contributed by atoms with Gasteiger partial charge in [-0.2, -0.15) is 9.78 Å². The maximum absolute atomic E-state index is 12.2. The Balaban J connectivity index is 2.02. The van der Waals surface area contributed by atoms with Gasteiger partial charge in [0.05, 0.1) is 6.93 Å². The average Bonchev–Trinajstić information content (AvgIpc) is 3.06. The summed E-state index contributed by atoms with van der Waals surface area (Å²) in [5, 5.41) is 11.8. The van der Waals surface area contributed by atoms with E-state index in [-0.39, 0.29) is 6.61 Å². The predicted octanol–water partition coefficient (Wildman–Crippen LogP) is 0.568. The van der Waals surface area contributed by atoms with Gasteiger partial charge in [0.15, 0.2) is 5.82 Å². The fourth-order valence-corrected chi connectivity index (χ4v) is 2.33. The van der Waals surface area contributed by atoms with Gasteiger partial charge in [-0.15, -0.1) is 11.1 Å². The van der Waals surface area contributed by atoms with Gasteiger partial charge in [-0.05, 0) is 34.9 Å². The molecule has 0 atom stereocenters. The van der Waals surface area contributed by atoms with Crippen LogP contribution in [0, 0.1) is 19.3 Å². The molecule has 8 heteroatoms. The summed E-state index contributed by atoms with van der Waals surface area (Å²) in [5.74, 6) is 3.53. The molecule has 0 aliphatic heterocycles. The molecule has 0 unspecified atom stereocenters. The Morgan fingerprint density at radius 3 is 2.75 bits per heavy atom. The third kappa shape index (κ3) is 2.56. The summed E-state index contributed by atoms with van der Waals surface area (Å²) in [7, 11) is 3.17. The van der Waals surface area contributed by atoms with E-state index in [2.05, 4.69) is 21.4 Å². The van der Waals surface area contributed by atoms with E-state index in [1.54, 1.807) is 25.2 Å². The first-order valence-corrected chi connectivity index (χ1v) is 7.14. The number of aryl methyl sites for hydroxylation is 3. The molecule has 0 spiro atoms. The molecule has 0 saturated heterocycles. The predicted molar refractivity (Wildman–Crippen MR) is 86.8 cm³/mol. The highest BCUT2D eigenvalue weighted by Crippen LogP contribution is 2.21. The number of hydrogen-bond acceptors (Lipinski definition) is 5. The molecule has 0 aliphatic carbocycles. The Kier molecular flexibility index (Phi) is 3.59. The third-order valence-electron chi connectivity index (χ3n) is 3.56. The number of hydrogen-bond donors (Lipinski definition) is 0. The number of tetrazole rings is 1. The van der Waals surface area contributed by atoms with Crippen LogP contribution in [0.15, 0.2) is 29.0 Å². The van der Waals surface area contributed by atoms with Gasteiger partial charge in [-0.3, -0.25) is 0 Å². The van der Waals surface area contributed by atoms with Crippen molar-refractivity contribution in [3.63, 3.8) is 0 Å². The Morgan fingerprint density at radius 1 is 1.33 bits per heavy atom. The van der Waals surface area contributed by atoms with Crippen molar-refractivity contribution < 1.29 is 6.11 Å². The van der Waals surface area contributed by atoms with Crippen LogP contribution in [0.3, 0.4) is 0 Å². The smallest absolute Gasteiger partial charge is 0.369 e. The number of benzene rings is 1. The number of rotatable bonds is 4. The van der Waals surface area contributed by atoms with Crippen molar-refractivity contribution in [2.75, 3.05) is 0 Å². The first kappa shape index (κ1) is 14.3. The number of aromatic nitrogens is 6. The lowest BCUT2D eigenvalue weighted by Gasteiger charge is -2.09. The summed E-state index contributed by atoms with van der Waals surface area (Å²) in [6.07, 6.45) is 5.54. The molecule has 122 valence electrons. The molecule has 24 heavy (non-hydrogen) atoms. The summed E-state index contributed by atoms with van der Waals surface area (Å²) in [4.78, 5) is 12.2. The molecule has 0 bridgehead atoms. The number of nitrogens with zero attached hydrogens (tertiary/aromatic N) is 6. The minimum Gasteiger partial charge on any atom is -0.488 e. The van der Waals surface area contributed by atoms with E-state index < -0.39 is 5.69 Å². The minimum atomic E-state index is -0.414. The van der Waals surface area contributed by atoms with E-state index in [0.29, 0.717) is 28.9 Å². The maximum atomic E-state index is 12.2. The van der Waals surface area contributed by atoms with Gasteiger partial charge >= 0.3 is 5.69 Å². The number of para-hydroxylation sites is 1. The Morgan fingerprint density at radius 2 is 2.12 bits per heavy atom. The quantitative estimate of drug-likeness (QED) is 0.655. The number of ether oxygens (including phenoxy) is 1. The van der Waals surface area contributed by atoms with Crippen LogP contribution in [-0.2, 0) is 20.7 Å². The van der Waals surface area contributed by atoms with Gasteiger partial charge < -0.3 is 4.74 Å². The second-order valence-electron chi connectivity index (χ2n) is 5.20. The first-order valence-electron chi connectivity index (χ1n) is 7.64. The normalized spacial score (nSPS) is 11.2. The molecule has 1 aromatic carbocycles. The van der Waals surface area contributed by atoms with Gasteiger partial charge in [-0.1, -0.05) is 18.2 Å². The fourth-order valence-electron chi connectivity index (χ4n) is 2.33. The maximum Gasteiger partial charge on any atom is 0.369 e. The third-order valence-corrected chi connectivity index (χ3v) is 3.56. The molecule has 0 fully saturated rings. The standard InChI is InChI=1S/C16H16N6O2/c1-5-13-12(10-24-14-9-7-6-8-11(14)2)15(20(3)17-13)22-16(23)21(4)18-19-22/h1,6-9H,10H2,2-4H3/i6T. The van der Waals surface area contributed by atoms with E-state index in [4.69, 9.17) is 12.5 Å². The van der Waals surface area contributed by atoms with Crippen molar-refractivity contribution in [1.82, 2.24) is 29.6 Å². The minimum absolute atomic E-state index is 0.101. The summed E-state index contributed by atoms with van der Waals surface area (Å²) in [5.41, 5.74) is 1.34. The molecular formula is C16H16N6O2. The monoisotopic (exact) mass is 326 g/mol. The molecule has 0 aliphatic rings. The van der Waals surface area contributed by atoms with E-state index >= 15 is 0 Å². The van der Waals surface area contributed by atoms with Crippen molar-refractivity contribution in [3.8, 4) is 23.9 Å². The van der Waals surface area contributed by atoms with Crippen molar-refractivity contribution >= 4 is 0 Å². The SMILES string of the molecule is [3H]c1ccc(OCc2c(C#C)nn(C)c2-n2nnn(C)c2=O)c(C)c1. The van der Waals surface area contributed by atoms with Crippen LogP contribution < -0.4 is 10.4 Å². The van der Waals surface area contributed by atoms with Crippen LogP contribution in [0.1, 0.15) is 18.2 Å². The van der Waals surface area contributed by atoms with Crippen LogP contribution in [0.5, 0.6) is 5.75 Å². The molecule has 3 rings (SSSR count). The van der Waals surface area contributed by atoms with Crippen LogP contribution in [0.25, 0.3) is 5.82 Å². The highest BCUT2D eigenvalue weighted by atomic mass is 16.5. The molecule has 0 N–H and O–H groups in total. The van der Waals surface area contributed by atoms with Crippen LogP contribution in [-0.4, -0.2) is 29.6 Å². The van der Waals surface area contributed by atoms with Gasteiger partial charge in [0.1, 0.15) is 18.1 Å². The van der Waals surface area contributed by atoms with E-state index in [1.807, 2.05) is 6.92 Å². The van der Waals surface area contributed by atoms with Gasteiger partial charge in [0, 0.05) is 14.1 Å². The second kappa shape index (κ2) is 6.04. The molecule has 2 heterocycles. The van der Waals surface area contributed by atoms with Gasteiger partial charge in [0.2, 0.25) is 0 Å². The molecule has 0 saturated carbocycles. The number of terminal acetylenes is 1. The topological polar surface area (TPSA) is 79.8 Å². The Bertz CT molecular complexity index is 1040. The molecule has 2 aromatic heterocycles. The zero-order valence-corrected chi connectivity index (χ0v) is 13.5. The second-order valence-corrected chi connectivity index (χ2v) is 5.20. The van der Waals surface area contributed by atoms with E-state index in [9.17, 15) is 4.79 Å². The van der Waals surface area contributed by atoms with Crippen LogP contribution in [0.4, 0.5) is 0 Å². The van der Waals surface area contributed by atoms with E-state index in [0.717, 1.165) is 14.9 Å². The zero-order valence-electron chi connectivity index (χ0n) is 14.5. The van der Waals surface area contributed by atoms with Crippen molar-refractivity contribution in [3.05, 3.63) is 51.5 Å². The van der Waals surface area contributed by atoms with Gasteiger partial charge in [-0.25, -0.2) is 9.48 Å². The molecule has 3 aromatic rings.